The number of rotatable bonds is 4. The SMILES string of the molecule is c1ccc(-c2nc(-c3ccccc3)nc(-c3ccc(-c4ccc5c(c4)C4(c6ccccc6O5)c5ccccc5-c5cc6ccoc6cc54)cc3)n2)cc1. The highest BCUT2D eigenvalue weighted by Crippen LogP contribution is 2.62. The molecule has 1 aliphatic carbocycles. The minimum Gasteiger partial charge on any atom is -0.464 e. The number of ether oxygens (including phenoxy) is 1. The Morgan fingerprint density at radius 1 is 0.377 bits per heavy atom. The summed E-state index contributed by atoms with van der Waals surface area (Å²) < 4.78 is 12.7. The summed E-state index contributed by atoms with van der Waals surface area (Å²) >= 11 is 0. The predicted octanol–water partition coefficient (Wildman–Crippen LogP) is 11.8. The van der Waals surface area contributed by atoms with Crippen LogP contribution in [0.1, 0.15) is 22.3 Å². The molecule has 1 spiro atoms. The number of hydrogen-bond donors (Lipinski definition) is 0. The Balaban J connectivity index is 1.06. The van der Waals surface area contributed by atoms with E-state index in [4.69, 9.17) is 24.1 Å². The predicted molar refractivity (Wildman–Crippen MR) is 209 cm³/mol. The lowest BCUT2D eigenvalue weighted by Crippen LogP contribution is -2.32. The van der Waals surface area contributed by atoms with Crippen molar-refractivity contribution in [3.05, 3.63) is 198 Å². The van der Waals surface area contributed by atoms with Crippen LogP contribution in [-0.4, -0.2) is 15.0 Å². The van der Waals surface area contributed by atoms with Gasteiger partial charge >= 0.3 is 0 Å². The van der Waals surface area contributed by atoms with Crippen LogP contribution in [0.2, 0.25) is 0 Å². The fourth-order valence-electron chi connectivity index (χ4n) is 8.28. The van der Waals surface area contributed by atoms with E-state index in [-0.39, 0.29) is 0 Å². The first-order valence-electron chi connectivity index (χ1n) is 17.8. The van der Waals surface area contributed by atoms with E-state index < -0.39 is 5.41 Å². The lowest BCUT2D eigenvalue weighted by atomic mass is 9.65. The molecule has 0 N–H and O–H groups in total. The molecule has 2 aliphatic rings. The van der Waals surface area contributed by atoms with Gasteiger partial charge in [-0.1, -0.05) is 133 Å². The quantitative estimate of drug-likeness (QED) is 0.185. The molecular weight excluding hydrogens is 651 g/mol. The van der Waals surface area contributed by atoms with Gasteiger partial charge in [-0.05, 0) is 69.8 Å². The smallest absolute Gasteiger partial charge is 0.164 e. The van der Waals surface area contributed by atoms with Gasteiger partial charge in [-0.25, -0.2) is 15.0 Å². The molecular formula is C48H29N3O2. The molecule has 7 aromatic carbocycles. The van der Waals surface area contributed by atoms with Gasteiger partial charge < -0.3 is 9.15 Å². The molecule has 3 heterocycles. The van der Waals surface area contributed by atoms with Crippen molar-refractivity contribution in [2.24, 2.45) is 0 Å². The molecule has 2 aromatic heterocycles. The van der Waals surface area contributed by atoms with E-state index in [1.807, 2.05) is 72.8 Å². The van der Waals surface area contributed by atoms with Crippen molar-refractivity contribution >= 4 is 11.0 Å². The van der Waals surface area contributed by atoms with Crippen LogP contribution < -0.4 is 4.74 Å². The Labute approximate surface area is 305 Å². The van der Waals surface area contributed by atoms with Gasteiger partial charge in [-0.15, -0.1) is 0 Å². The average molecular weight is 680 g/mol. The third-order valence-electron chi connectivity index (χ3n) is 10.7. The first kappa shape index (κ1) is 29.6. The number of aromatic nitrogens is 3. The minimum absolute atomic E-state index is 0.598. The summed E-state index contributed by atoms with van der Waals surface area (Å²) in [4.78, 5) is 14.7. The molecule has 0 fully saturated rings. The van der Waals surface area contributed by atoms with Gasteiger partial charge in [-0.3, -0.25) is 0 Å². The van der Waals surface area contributed by atoms with Crippen molar-refractivity contribution in [3.8, 4) is 67.9 Å². The summed E-state index contributed by atoms with van der Waals surface area (Å²) in [5, 5.41) is 1.09. The number of hydrogen-bond acceptors (Lipinski definition) is 5. The molecule has 53 heavy (non-hydrogen) atoms. The maximum Gasteiger partial charge on any atom is 0.164 e. The van der Waals surface area contributed by atoms with Crippen molar-refractivity contribution in [1.29, 1.82) is 0 Å². The molecule has 5 heteroatoms. The summed E-state index contributed by atoms with van der Waals surface area (Å²) in [5.41, 5.74) is 12.4. The molecule has 0 bridgehead atoms. The zero-order chi connectivity index (χ0) is 34.9. The van der Waals surface area contributed by atoms with Gasteiger partial charge in [0.1, 0.15) is 17.1 Å². The first-order chi connectivity index (χ1) is 26.2. The van der Waals surface area contributed by atoms with Crippen LogP contribution in [0.5, 0.6) is 11.5 Å². The van der Waals surface area contributed by atoms with Gasteiger partial charge in [-0.2, -0.15) is 0 Å². The van der Waals surface area contributed by atoms with Crippen LogP contribution in [0.4, 0.5) is 0 Å². The molecule has 11 rings (SSSR count). The highest BCUT2D eigenvalue weighted by atomic mass is 16.5. The van der Waals surface area contributed by atoms with Gasteiger partial charge in [0.05, 0.1) is 11.7 Å². The van der Waals surface area contributed by atoms with Crippen LogP contribution in [0, 0.1) is 0 Å². The van der Waals surface area contributed by atoms with Gasteiger partial charge in [0, 0.05) is 33.2 Å². The van der Waals surface area contributed by atoms with E-state index >= 15 is 0 Å². The van der Waals surface area contributed by atoms with E-state index in [1.54, 1.807) is 6.26 Å². The molecule has 1 unspecified atom stereocenters. The molecule has 0 amide bonds. The minimum atomic E-state index is -0.598. The third kappa shape index (κ3) is 4.47. The maximum absolute atomic E-state index is 6.68. The lowest BCUT2D eigenvalue weighted by Gasteiger charge is -2.39. The average Bonchev–Trinajstić information content (AvgIpc) is 3.81. The van der Waals surface area contributed by atoms with Crippen molar-refractivity contribution in [2.45, 2.75) is 5.41 Å². The van der Waals surface area contributed by atoms with Gasteiger partial charge in [0.25, 0.3) is 0 Å². The van der Waals surface area contributed by atoms with Crippen LogP contribution >= 0.6 is 0 Å². The third-order valence-corrected chi connectivity index (χ3v) is 10.7. The second-order valence-corrected chi connectivity index (χ2v) is 13.6. The van der Waals surface area contributed by atoms with E-state index in [0.29, 0.717) is 17.5 Å². The van der Waals surface area contributed by atoms with E-state index in [9.17, 15) is 0 Å². The fraction of sp³-hybridized carbons (Fsp3) is 0.0208. The van der Waals surface area contributed by atoms with E-state index in [1.165, 1.54) is 22.3 Å². The summed E-state index contributed by atoms with van der Waals surface area (Å²) in [6, 6.07) is 59.0. The Morgan fingerprint density at radius 2 is 0.943 bits per heavy atom. The molecule has 0 saturated carbocycles. The van der Waals surface area contributed by atoms with Crippen LogP contribution in [-0.2, 0) is 5.41 Å². The number of furan rings is 1. The Hall–Kier alpha value is -7.11. The zero-order valence-electron chi connectivity index (χ0n) is 28.4. The molecule has 1 aliphatic heterocycles. The maximum atomic E-state index is 6.68. The standard InChI is InChI=1S/C48H29N3O2/c1-3-11-31(12-4-1)45-49-46(32-13-5-2-6-14-32)51-47(50-45)33-21-19-30(20-22-33)34-23-24-43-41(28-34)48(39-17-9-10-18-42(39)53-43)38-16-8-7-15-36(38)37-27-35-25-26-52-44(35)29-40(37)48/h1-29H. The summed E-state index contributed by atoms with van der Waals surface area (Å²) in [5.74, 6) is 3.62. The number of nitrogens with zero attached hydrogens (tertiary/aromatic N) is 3. The zero-order valence-corrected chi connectivity index (χ0v) is 28.4. The molecule has 1 atom stereocenters. The van der Waals surface area contributed by atoms with E-state index in [2.05, 4.69) is 97.1 Å². The first-order valence-corrected chi connectivity index (χ1v) is 17.8. The van der Waals surface area contributed by atoms with Crippen LogP contribution in [0.25, 0.3) is 67.4 Å². The van der Waals surface area contributed by atoms with Crippen molar-refractivity contribution in [2.75, 3.05) is 0 Å². The molecule has 5 nitrogen and oxygen atoms in total. The monoisotopic (exact) mass is 679 g/mol. The molecule has 248 valence electrons. The second kappa shape index (κ2) is 11.5. The molecule has 9 aromatic rings. The molecule has 0 radical (unpaired) electrons. The highest BCUT2D eigenvalue weighted by molar-refractivity contribution is 5.95. The number of fused-ring (bicyclic) bond motifs is 10. The van der Waals surface area contributed by atoms with Gasteiger partial charge in [0.15, 0.2) is 17.5 Å². The Kier molecular flexibility index (Phi) is 6.40. The largest absolute Gasteiger partial charge is 0.464 e. The van der Waals surface area contributed by atoms with Crippen molar-refractivity contribution in [1.82, 2.24) is 15.0 Å². The van der Waals surface area contributed by atoms with Crippen LogP contribution in [0.15, 0.2) is 181 Å². The van der Waals surface area contributed by atoms with E-state index in [0.717, 1.165) is 61.4 Å². The highest BCUT2D eigenvalue weighted by Gasteiger charge is 2.51. The van der Waals surface area contributed by atoms with Gasteiger partial charge in [0.2, 0.25) is 0 Å². The fourth-order valence-corrected chi connectivity index (χ4v) is 8.28. The summed E-state index contributed by atoms with van der Waals surface area (Å²) in [6.07, 6.45) is 1.77. The second-order valence-electron chi connectivity index (χ2n) is 13.6. The summed E-state index contributed by atoms with van der Waals surface area (Å²) in [7, 11) is 0. The Bertz CT molecular complexity index is 2810. The van der Waals surface area contributed by atoms with Crippen molar-refractivity contribution in [3.63, 3.8) is 0 Å². The van der Waals surface area contributed by atoms with Crippen molar-refractivity contribution < 1.29 is 9.15 Å². The van der Waals surface area contributed by atoms with Crippen LogP contribution in [0.3, 0.4) is 0 Å². The lowest BCUT2D eigenvalue weighted by molar-refractivity contribution is 0.436. The normalized spacial score (nSPS) is 15.0. The molecule has 0 saturated heterocycles. The Morgan fingerprint density at radius 3 is 1.66 bits per heavy atom. The number of para-hydroxylation sites is 1. The number of benzene rings is 7. The summed E-state index contributed by atoms with van der Waals surface area (Å²) in [6.45, 7) is 0. The topological polar surface area (TPSA) is 61.0 Å².